The van der Waals surface area contributed by atoms with Crippen LogP contribution in [-0.4, -0.2) is 29.7 Å². The summed E-state index contributed by atoms with van der Waals surface area (Å²) in [7, 11) is 1.56. The number of nitrogens with zero attached hydrogens (tertiary/aromatic N) is 2. The normalized spacial score (nSPS) is 10.4. The zero-order valence-electron chi connectivity index (χ0n) is 13.4. The number of likely N-dealkylation sites (N-methyl/N-ethyl adjacent to an activating group) is 1. The smallest absolute Gasteiger partial charge is 0.262 e. The van der Waals surface area contributed by atoms with E-state index in [2.05, 4.69) is 15.5 Å². The number of rotatable bonds is 5. The van der Waals surface area contributed by atoms with Crippen LogP contribution in [0.5, 0.6) is 5.75 Å². The van der Waals surface area contributed by atoms with Crippen LogP contribution in [0.1, 0.15) is 5.56 Å². The Labute approximate surface area is 139 Å². The summed E-state index contributed by atoms with van der Waals surface area (Å²) in [6.45, 7) is 1.93. The van der Waals surface area contributed by atoms with Gasteiger partial charge in [0.1, 0.15) is 5.75 Å². The number of amides is 1. The van der Waals surface area contributed by atoms with Crippen LogP contribution >= 0.6 is 0 Å². The lowest BCUT2D eigenvalue weighted by Crippen LogP contribution is -2.24. The van der Waals surface area contributed by atoms with E-state index >= 15 is 0 Å². The molecule has 2 aromatic carbocycles. The maximum atomic E-state index is 11.4. The van der Waals surface area contributed by atoms with Crippen molar-refractivity contribution in [1.82, 2.24) is 15.5 Å². The molecule has 0 unspecified atom stereocenters. The average molecular weight is 323 g/mol. The topological polar surface area (TPSA) is 77.2 Å². The third-order valence-electron chi connectivity index (χ3n) is 3.46. The molecule has 0 saturated carbocycles. The van der Waals surface area contributed by atoms with Crippen molar-refractivity contribution >= 4 is 5.91 Å². The summed E-state index contributed by atoms with van der Waals surface area (Å²) in [6.07, 6.45) is 0. The first-order valence-electron chi connectivity index (χ1n) is 7.51. The number of benzene rings is 2. The van der Waals surface area contributed by atoms with Gasteiger partial charge < -0.3 is 14.6 Å². The summed E-state index contributed by atoms with van der Waals surface area (Å²) in [5, 5.41) is 6.55. The quantitative estimate of drug-likeness (QED) is 0.781. The van der Waals surface area contributed by atoms with E-state index in [0.717, 1.165) is 11.1 Å². The molecule has 6 nitrogen and oxygen atoms in total. The maximum Gasteiger partial charge on any atom is 0.262 e. The molecule has 0 spiro atoms. The Hall–Kier alpha value is -3.15. The van der Waals surface area contributed by atoms with Gasteiger partial charge in [-0.25, -0.2) is 0 Å². The molecular weight excluding hydrogens is 306 g/mol. The van der Waals surface area contributed by atoms with Crippen LogP contribution in [0.25, 0.3) is 22.8 Å². The molecule has 1 aromatic heterocycles. The zero-order chi connectivity index (χ0) is 16.9. The van der Waals surface area contributed by atoms with Crippen LogP contribution in [0.15, 0.2) is 53.1 Å². The number of carbonyl (C=O) groups is 1. The zero-order valence-corrected chi connectivity index (χ0v) is 13.4. The van der Waals surface area contributed by atoms with Crippen LogP contribution in [0.4, 0.5) is 0 Å². The summed E-state index contributed by atoms with van der Waals surface area (Å²) >= 11 is 0. The van der Waals surface area contributed by atoms with E-state index in [9.17, 15) is 4.79 Å². The summed E-state index contributed by atoms with van der Waals surface area (Å²) in [6, 6.07) is 15.1. The van der Waals surface area contributed by atoms with Gasteiger partial charge in [-0.2, -0.15) is 4.98 Å². The fourth-order valence-corrected chi connectivity index (χ4v) is 2.22. The van der Waals surface area contributed by atoms with E-state index in [1.165, 1.54) is 0 Å². The molecule has 1 heterocycles. The van der Waals surface area contributed by atoms with E-state index in [1.807, 2.05) is 49.4 Å². The van der Waals surface area contributed by atoms with Crippen LogP contribution in [0, 0.1) is 6.92 Å². The highest BCUT2D eigenvalue weighted by molar-refractivity contribution is 5.77. The molecule has 0 fully saturated rings. The Bertz CT molecular complexity index is 858. The number of ether oxygens (including phenoxy) is 1. The molecule has 3 rings (SSSR count). The number of carbonyl (C=O) groups excluding carboxylic acids is 1. The molecule has 0 aliphatic carbocycles. The van der Waals surface area contributed by atoms with Gasteiger partial charge in [0.15, 0.2) is 6.61 Å². The number of hydrogen-bond donors (Lipinski definition) is 1. The van der Waals surface area contributed by atoms with Gasteiger partial charge in [0.2, 0.25) is 5.82 Å². The highest BCUT2D eigenvalue weighted by atomic mass is 16.5. The van der Waals surface area contributed by atoms with Gasteiger partial charge in [-0.3, -0.25) is 4.79 Å². The van der Waals surface area contributed by atoms with Gasteiger partial charge in [0.05, 0.1) is 5.56 Å². The SMILES string of the molecule is CNC(=O)COc1ccccc1-c1nc(-c2cccc(C)c2)no1. The van der Waals surface area contributed by atoms with Crippen molar-refractivity contribution in [2.24, 2.45) is 0 Å². The summed E-state index contributed by atoms with van der Waals surface area (Å²) in [5.41, 5.74) is 2.65. The third-order valence-corrected chi connectivity index (χ3v) is 3.46. The van der Waals surface area contributed by atoms with Crippen molar-refractivity contribution in [3.8, 4) is 28.6 Å². The monoisotopic (exact) mass is 323 g/mol. The number of nitrogens with one attached hydrogen (secondary N) is 1. The molecule has 1 amide bonds. The first kappa shape index (κ1) is 15.7. The summed E-state index contributed by atoms with van der Waals surface area (Å²) < 4.78 is 10.9. The third kappa shape index (κ3) is 3.43. The van der Waals surface area contributed by atoms with Gasteiger partial charge in [-0.15, -0.1) is 0 Å². The predicted molar refractivity (Wildman–Crippen MR) is 89.5 cm³/mol. The van der Waals surface area contributed by atoms with E-state index in [4.69, 9.17) is 9.26 Å². The first-order valence-corrected chi connectivity index (χ1v) is 7.51. The minimum Gasteiger partial charge on any atom is -0.483 e. The molecule has 1 N–H and O–H groups in total. The van der Waals surface area contributed by atoms with Crippen molar-refractivity contribution in [1.29, 1.82) is 0 Å². The van der Waals surface area contributed by atoms with Crippen LogP contribution in [0.3, 0.4) is 0 Å². The Balaban J connectivity index is 1.89. The van der Waals surface area contributed by atoms with Crippen LogP contribution in [0.2, 0.25) is 0 Å². The number of para-hydroxylation sites is 1. The van der Waals surface area contributed by atoms with Crippen LogP contribution < -0.4 is 10.1 Å². The Morgan fingerprint density at radius 3 is 2.83 bits per heavy atom. The van der Waals surface area contributed by atoms with E-state index < -0.39 is 0 Å². The largest absolute Gasteiger partial charge is 0.483 e. The molecule has 0 bridgehead atoms. The van der Waals surface area contributed by atoms with E-state index in [-0.39, 0.29) is 12.5 Å². The average Bonchev–Trinajstić information content (AvgIpc) is 3.10. The fourth-order valence-electron chi connectivity index (χ4n) is 2.22. The molecule has 3 aromatic rings. The van der Waals surface area contributed by atoms with Gasteiger partial charge in [-0.1, -0.05) is 41.1 Å². The highest BCUT2D eigenvalue weighted by Gasteiger charge is 2.15. The van der Waals surface area contributed by atoms with Gasteiger partial charge >= 0.3 is 0 Å². The van der Waals surface area contributed by atoms with Crippen molar-refractivity contribution in [2.75, 3.05) is 13.7 Å². The second-order valence-electron chi connectivity index (χ2n) is 5.25. The summed E-state index contributed by atoms with van der Waals surface area (Å²) in [5.74, 6) is 1.16. The Morgan fingerprint density at radius 2 is 2.04 bits per heavy atom. The minimum absolute atomic E-state index is 0.0770. The van der Waals surface area contributed by atoms with E-state index in [0.29, 0.717) is 23.0 Å². The molecule has 6 heteroatoms. The molecule has 0 radical (unpaired) electrons. The number of aromatic nitrogens is 2. The standard InChI is InChI=1S/C18H17N3O3/c1-12-6-5-7-13(10-12)17-20-18(24-21-17)14-8-3-4-9-15(14)23-11-16(22)19-2/h3-10H,11H2,1-2H3,(H,19,22). The highest BCUT2D eigenvalue weighted by Crippen LogP contribution is 2.30. The number of hydrogen-bond acceptors (Lipinski definition) is 5. The first-order chi connectivity index (χ1) is 11.7. The second kappa shape index (κ2) is 6.95. The minimum atomic E-state index is -0.212. The van der Waals surface area contributed by atoms with Gasteiger partial charge in [-0.05, 0) is 25.1 Å². The van der Waals surface area contributed by atoms with Crippen molar-refractivity contribution < 1.29 is 14.1 Å². The maximum absolute atomic E-state index is 11.4. The molecule has 0 aliphatic rings. The molecule has 24 heavy (non-hydrogen) atoms. The van der Waals surface area contributed by atoms with Crippen LogP contribution in [-0.2, 0) is 4.79 Å². The van der Waals surface area contributed by atoms with Crippen molar-refractivity contribution in [3.05, 3.63) is 54.1 Å². The molecule has 0 saturated heterocycles. The second-order valence-corrected chi connectivity index (χ2v) is 5.25. The van der Waals surface area contributed by atoms with E-state index in [1.54, 1.807) is 13.1 Å². The van der Waals surface area contributed by atoms with Gasteiger partial charge in [0, 0.05) is 12.6 Å². The fraction of sp³-hybridized carbons (Fsp3) is 0.167. The molecule has 122 valence electrons. The van der Waals surface area contributed by atoms with Crippen molar-refractivity contribution in [3.63, 3.8) is 0 Å². The number of aryl methyl sites for hydroxylation is 1. The van der Waals surface area contributed by atoms with Crippen molar-refractivity contribution in [2.45, 2.75) is 6.92 Å². The molecule has 0 aliphatic heterocycles. The lowest BCUT2D eigenvalue weighted by molar-refractivity contribution is -0.122. The molecular formula is C18H17N3O3. The Morgan fingerprint density at radius 1 is 1.21 bits per heavy atom. The lowest BCUT2D eigenvalue weighted by Gasteiger charge is -2.07. The molecule has 0 atom stereocenters. The lowest BCUT2D eigenvalue weighted by atomic mass is 10.1. The van der Waals surface area contributed by atoms with Gasteiger partial charge in [0.25, 0.3) is 11.8 Å². The predicted octanol–water partition coefficient (Wildman–Crippen LogP) is 2.84. The summed E-state index contributed by atoms with van der Waals surface area (Å²) in [4.78, 5) is 15.8. The Kier molecular flexibility index (Phi) is 4.56.